The van der Waals surface area contributed by atoms with E-state index in [2.05, 4.69) is 24.4 Å². The van der Waals surface area contributed by atoms with Crippen molar-refractivity contribution < 1.29 is 19.4 Å². The van der Waals surface area contributed by atoms with Crippen molar-refractivity contribution in [3.8, 4) is 5.75 Å². The number of hydrogen-bond acceptors (Lipinski definition) is 3. The van der Waals surface area contributed by atoms with E-state index in [0.29, 0.717) is 18.2 Å². The maximum absolute atomic E-state index is 12.4. The van der Waals surface area contributed by atoms with Gasteiger partial charge in [-0.25, -0.2) is 4.79 Å². The molecule has 2 aromatic rings. The third-order valence-electron chi connectivity index (χ3n) is 4.68. The molecule has 1 saturated carbocycles. The van der Waals surface area contributed by atoms with Gasteiger partial charge in [-0.2, -0.15) is 0 Å². The van der Waals surface area contributed by atoms with Crippen molar-refractivity contribution in [1.82, 2.24) is 5.32 Å². The van der Waals surface area contributed by atoms with Gasteiger partial charge in [0.1, 0.15) is 11.3 Å². The first-order valence-corrected chi connectivity index (χ1v) is 8.24. The van der Waals surface area contributed by atoms with Gasteiger partial charge in [0.15, 0.2) is 0 Å². The Kier molecular flexibility index (Phi) is 4.74. The first-order valence-electron chi connectivity index (χ1n) is 8.24. The summed E-state index contributed by atoms with van der Waals surface area (Å²) in [4.78, 5) is 23.5. The number of methoxy groups -OCH3 is 1. The third kappa shape index (κ3) is 3.65. The molecule has 130 valence electrons. The van der Waals surface area contributed by atoms with Crippen LogP contribution in [0.15, 0.2) is 42.5 Å². The Balaban J connectivity index is 1.60. The van der Waals surface area contributed by atoms with E-state index in [1.165, 1.54) is 24.3 Å². The van der Waals surface area contributed by atoms with Crippen LogP contribution in [0.25, 0.3) is 0 Å². The Morgan fingerprint density at radius 3 is 2.68 bits per heavy atom. The maximum Gasteiger partial charge on any atom is 0.339 e. The van der Waals surface area contributed by atoms with E-state index >= 15 is 0 Å². The van der Waals surface area contributed by atoms with Crippen LogP contribution in [0.4, 0.5) is 0 Å². The molecule has 2 N–H and O–H groups in total. The number of aromatic carboxylic acids is 1. The SMILES string of the molecule is COc1cc(CNC(=O)[C@@H]2C[C@H]2c2ccccc2C)ccc1C(=O)O. The maximum atomic E-state index is 12.4. The van der Waals surface area contributed by atoms with E-state index in [9.17, 15) is 9.59 Å². The van der Waals surface area contributed by atoms with Crippen molar-refractivity contribution in [2.45, 2.75) is 25.8 Å². The molecule has 3 rings (SSSR count). The van der Waals surface area contributed by atoms with Crippen LogP contribution in [-0.4, -0.2) is 24.1 Å². The summed E-state index contributed by atoms with van der Waals surface area (Å²) in [7, 11) is 1.43. The Bertz CT molecular complexity index is 815. The van der Waals surface area contributed by atoms with E-state index in [1.54, 1.807) is 12.1 Å². The van der Waals surface area contributed by atoms with Gasteiger partial charge in [-0.05, 0) is 48.1 Å². The first-order chi connectivity index (χ1) is 12.0. The zero-order valence-corrected chi connectivity index (χ0v) is 14.3. The van der Waals surface area contributed by atoms with Crippen LogP contribution >= 0.6 is 0 Å². The van der Waals surface area contributed by atoms with Gasteiger partial charge in [0.05, 0.1) is 7.11 Å². The summed E-state index contributed by atoms with van der Waals surface area (Å²) in [6, 6.07) is 13.0. The van der Waals surface area contributed by atoms with Gasteiger partial charge < -0.3 is 15.2 Å². The molecule has 0 heterocycles. The lowest BCUT2D eigenvalue weighted by molar-refractivity contribution is -0.122. The van der Waals surface area contributed by atoms with Crippen LogP contribution in [0.1, 0.15) is 39.4 Å². The molecule has 1 fully saturated rings. The lowest BCUT2D eigenvalue weighted by Crippen LogP contribution is -2.25. The van der Waals surface area contributed by atoms with Crippen molar-refractivity contribution in [2.24, 2.45) is 5.92 Å². The van der Waals surface area contributed by atoms with Gasteiger partial charge >= 0.3 is 5.97 Å². The summed E-state index contributed by atoms with van der Waals surface area (Å²) in [5, 5.41) is 12.0. The van der Waals surface area contributed by atoms with E-state index in [0.717, 1.165) is 12.0 Å². The largest absolute Gasteiger partial charge is 0.496 e. The fourth-order valence-electron chi connectivity index (χ4n) is 3.17. The van der Waals surface area contributed by atoms with Gasteiger partial charge in [-0.15, -0.1) is 0 Å². The number of aryl methyl sites for hydroxylation is 1. The van der Waals surface area contributed by atoms with Gasteiger partial charge in [-0.1, -0.05) is 30.3 Å². The Hall–Kier alpha value is -2.82. The molecule has 1 aliphatic rings. The van der Waals surface area contributed by atoms with Crippen LogP contribution in [-0.2, 0) is 11.3 Å². The van der Waals surface area contributed by atoms with Crippen molar-refractivity contribution in [3.05, 3.63) is 64.7 Å². The lowest BCUT2D eigenvalue weighted by Gasteiger charge is -2.09. The minimum Gasteiger partial charge on any atom is -0.496 e. The average Bonchev–Trinajstić information content (AvgIpc) is 3.40. The molecule has 0 bridgehead atoms. The van der Waals surface area contributed by atoms with Crippen molar-refractivity contribution in [2.75, 3.05) is 7.11 Å². The summed E-state index contributed by atoms with van der Waals surface area (Å²) >= 11 is 0. The fourth-order valence-corrected chi connectivity index (χ4v) is 3.17. The molecule has 0 aromatic heterocycles. The third-order valence-corrected chi connectivity index (χ3v) is 4.68. The molecule has 1 aliphatic carbocycles. The van der Waals surface area contributed by atoms with Crippen LogP contribution in [0, 0.1) is 12.8 Å². The molecule has 0 spiro atoms. The zero-order chi connectivity index (χ0) is 18.0. The fraction of sp³-hybridized carbons (Fsp3) is 0.300. The Morgan fingerprint density at radius 1 is 1.24 bits per heavy atom. The number of carboxylic acid groups (broad SMARTS) is 1. The van der Waals surface area contributed by atoms with Gasteiger partial charge in [0.25, 0.3) is 0 Å². The van der Waals surface area contributed by atoms with Crippen LogP contribution in [0.5, 0.6) is 5.75 Å². The molecule has 2 atom stereocenters. The summed E-state index contributed by atoms with van der Waals surface area (Å²) in [5.74, 6) is -0.393. The number of benzene rings is 2. The lowest BCUT2D eigenvalue weighted by atomic mass is 10.0. The second kappa shape index (κ2) is 6.97. The van der Waals surface area contributed by atoms with Crippen molar-refractivity contribution in [1.29, 1.82) is 0 Å². The van der Waals surface area contributed by atoms with Gasteiger partial charge in [0, 0.05) is 12.5 Å². The number of nitrogens with one attached hydrogen (secondary N) is 1. The highest BCUT2D eigenvalue weighted by molar-refractivity contribution is 5.91. The molecule has 25 heavy (non-hydrogen) atoms. The predicted molar refractivity (Wildman–Crippen MR) is 93.8 cm³/mol. The zero-order valence-electron chi connectivity index (χ0n) is 14.3. The highest BCUT2D eigenvalue weighted by Gasteiger charge is 2.44. The Morgan fingerprint density at radius 2 is 2.00 bits per heavy atom. The molecule has 0 aliphatic heterocycles. The van der Waals surface area contributed by atoms with Crippen molar-refractivity contribution in [3.63, 3.8) is 0 Å². The highest BCUT2D eigenvalue weighted by Crippen LogP contribution is 2.48. The van der Waals surface area contributed by atoms with E-state index < -0.39 is 5.97 Å². The molecule has 0 radical (unpaired) electrons. The van der Waals surface area contributed by atoms with Crippen molar-refractivity contribution >= 4 is 11.9 Å². The topological polar surface area (TPSA) is 75.6 Å². The molecule has 0 saturated heterocycles. The molecule has 5 nitrogen and oxygen atoms in total. The van der Waals surface area contributed by atoms with E-state index in [-0.39, 0.29) is 17.4 Å². The summed E-state index contributed by atoms with van der Waals surface area (Å²) < 4.78 is 5.11. The van der Waals surface area contributed by atoms with Crippen LogP contribution < -0.4 is 10.1 Å². The minimum atomic E-state index is -1.04. The first kappa shape index (κ1) is 17.0. The molecule has 0 unspecified atom stereocenters. The Labute approximate surface area is 146 Å². The summed E-state index contributed by atoms with van der Waals surface area (Å²) in [6.07, 6.45) is 0.873. The second-order valence-corrected chi connectivity index (χ2v) is 6.36. The van der Waals surface area contributed by atoms with E-state index in [4.69, 9.17) is 9.84 Å². The number of amides is 1. The second-order valence-electron chi connectivity index (χ2n) is 6.36. The van der Waals surface area contributed by atoms with E-state index in [1.807, 2.05) is 12.1 Å². The number of ether oxygens (including phenoxy) is 1. The summed E-state index contributed by atoms with van der Waals surface area (Å²) in [6.45, 7) is 2.42. The average molecular weight is 339 g/mol. The molecular formula is C20H21NO4. The number of carbonyl (C=O) groups is 2. The molecule has 1 amide bonds. The quantitative estimate of drug-likeness (QED) is 0.848. The van der Waals surface area contributed by atoms with Gasteiger partial charge in [-0.3, -0.25) is 4.79 Å². The number of rotatable bonds is 6. The monoisotopic (exact) mass is 339 g/mol. The smallest absolute Gasteiger partial charge is 0.339 e. The minimum absolute atomic E-state index is 0.0151. The molecule has 2 aromatic carbocycles. The number of hydrogen-bond donors (Lipinski definition) is 2. The predicted octanol–water partition coefficient (Wildman–Crippen LogP) is 3.12. The molecule has 5 heteroatoms. The number of carboxylic acids is 1. The standard InChI is InChI=1S/C20H21NO4/c1-12-5-3-4-6-14(12)16-10-17(16)19(22)21-11-13-7-8-15(20(23)24)18(9-13)25-2/h3-9,16-17H,10-11H2,1-2H3,(H,21,22)(H,23,24)/t16-,17+/m0/s1. The highest BCUT2D eigenvalue weighted by atomic mass is 16.5. The van der Waals surface area contributed by atoms with Crippen LogP contribution in [0.2, 0.25) is 0 Å². The number of carbonyl (C=O) groups excluding carboxylic acids is 1. The normalized spacial score (nSPS) is 18.5. The van der Waals surface area contributed by atoms with Crippen LogP contribution in [0.3, 0.4) is 0 Å². The summed E-state index contributed by atoms with van der Waals surface area (Å²) in [5.41, 5.74) is 3.38. The molecular weight excluding hydrogens is 318 g/mol. The van der Waals surface area contributed by atoms with Gasteiger partial charge in [0.2, 0.25) is 5.91 Å².